The maximum atomic E-state index is 13.7. The first-order valence-corrected chi connectivity index (χ1v) is 7.79. The Bertz CT molecular complexity index is 592. The summed E-state index contributed by atoms with van der Waals surface area (Å²) in [6.45, 7) is 3.99. The zero-order valence-electron chi connectivity index (χ0n) is 13.1. The summed E-state index contributed by atoms with van der Waals surface area (Å²) in [6.07, 6.45) is 5.19. The summed E-state index contributed by atoms with van der Waals surface area (Å²) in [4.78, 5) is 22.6. The number of carbonyl (C=O) groups excluding carboxylic acids is 2. The molecule has 124 valence electrons. The van der Waals surface area contributed by atoms with Crippen molar-refractivity contribution in [3.8, 4) is 0 Å². The van der Waals surface area contributed by atoms with Crippen molar-refractivity contribution in [3.63, 3.8) is 0 Å². The topological polar surface area (TPSA) is 69.4 Å². The number of carbonyl (C=O) groups is 2. The largest absolute Gasteiger partial charge is 0.449 e. The van der Waals surface area contributed by atoms with Gasteiger partial charge in [-0.05, 0) is 61.3 Å². The second-order valence-electron chi connectivity index (χ2n) is 6.14. The average Bonchev–Trinajstić information content (AvgIpc) is 2.55. The Morgan fingerprint density at radius 2 is 2.13 bits per heavy atom. The number of amides is 1. The van der Waals surface area contributed by atoms with Crippen molar-refractivity contribution in [1.29, 1.82) is 0 Å². The molecule has 1 saturated carbocycles. The van der Waals surface area contributed by atoms with Gasteiger partial charge in [-0.3, -0.25) is 0 Å². The van der Waals surface area contributed by atoms with Gasteiger partial charge in [0, 0.05) is 0 Å². The molecule has 1 amide bonds. The molecule has 4 nitrogen and oxygen atoms in total. The van der Waals surface area contributed by atoms with E-state index in [9.17, 15) is 14.0 Å². The highest BCUT2D eigenvalue weighted by atomic mass is 19.1. The molecule has 0 spiro atoms. The van der Waals surface area contributed by atoms with Crippen molar-refractivity contribution in [1.82, 2.24) is 0 Å². The number of ether oxygens (including phenoxy) is 1. The predicted octanol–water partition coefficient (Wildman–Crippen LogP) is 3.28. The lowest BCUT2D eigenvalue weighted by Crippen LogP contribution is -2.36. The summed E-state index contributed by atoms with van der Waals surface area (Å²) in [5.41, 5.74) is 5.99. The Hall–Kier alpha value is -2.17. The monoisotopic (exact) mass is 319 g/mol. The predicted molar refractivity (Wildman–Crippen MR) is 85.5 cm³/mol. The van der Waals surface area contributed by atoms with E-state index in [0.29, 0.717) is 19.3 Å². The molecule has 0 unspecified atom stereocenters. The Morgan fingerprint density at radius 1 is 1.43 bits per heavy atom. The van der Waals surface area contributed by atoms with Gasteiger partial charge < -0.3 is 15.3 Å². The summed E-state index contributed by atoms with van der Waals surface area (Å²) in [7, 11) is 0. The van der Waals surface area contributed by atoms with Crippen LogP contribution in [0, 0.1) is 11.7 Å². The van der Waals surface area contributed by atoms with Crippen LogP contribution < -0.4 is 5.73 Å². The summed E-state index contributed by atoms with van der Waals surface area (Å²) in [5, 5.41) is 0. The number of allylic oxidation sites excluding steroid dienone is 1. The molecule has 1 fully saturated rings. The first kappa shape index (κ1) is 17.2. The first-order chi connectivity index (χ1) is 11.0. The molecule has 1 aromatic rings. The summed E-state index contributed by atoms with van der Waals surface area (Å²) >= 11 is 0. The number of primary amides is 1. The maximum absolute atomic E-state index is 13.7. The Morgan fingerprint density at radius 3 is 2.70 bits per heavy atom. The Labute approximate surface area is 135 Å². The van der Waals surface area contributed by atoms with Gasteiger partial charge in [0.25, 0.3) is 0 Å². The highest BCUT2D eigenvalue weighted by Crippen LogP contribution is 2.42. The van der Waals surface area contributed by atoms with Crippen molar-refractivity contribution >= 4 is 12.4 Å². The van der Waals surface area contributed by atoms with E-state index in [1.54, 1.807) is 12.1 Å². The molecule has 23 heavy (non-hydrogen) atoms. The second-order valence-corrected chi connectivity index (χ2v) is 6.14. The van der Waals surface area contributed by atoms with Gasteiger partial charge in [0.05, 0.1) is 12.0 Å². The summed E-state index contributed by atoms with van der Waals surface area (Å²) < 4.78 is 18.6. The third-order valence-corrected chi connectivity index (χ3v) is 4.66. The SMILES string of the molecule is C=CCc1ccc(F)cc1C1(C=O)CCC(COC(N)=O)CC1. The normalized spacial score (nSPS) is 24.0. The fraction of sp³-hybridized carbons (Fsp3) is 0.444. The van der Waals surface area contributed by atoms with Gasteiger partial charge in [0.2, 0.25) is 0 Å². The van der Waals surface area contributed by atoms with E-state index < -0.39 is 11.5 Å². The highest BCUT2D eigenvalue weighted by molar-refractivity contribution is 5.70. The van der Waals surface area contributed by atoms with Gasteiger partial charge in [-0.15, -0.1) is 6.58 Å². The number of benzene rings is 1. The zero-order chi connectivity index (χ0) is 16.9. The molecule has 5 heteroatoms. The number of hydrogen-bond acceptors (Lipinski definition) is 3. The molecular weight excluding hydrogens is 297 g/mol. The fourth-order valence-electron chi connectivity index (χ4n) is 3.36. The number of hydrogen-bond donors (Lipinski definition) is 1. The third kappa shape index (κ3) is 3.97. The number of rotatable bonds is 6. The van der Waals surface area contributed by atoms with E-state index in [0.717, 1.165) is 30.3 Å². The maximum Gasteiger partial charge on any atom is 0.404 e. The standard InChI is InChI=1S/C18H22FNO3/c1-2-3-14-4-5-15(19)10-16(14)18(12-21)8-6-13(7-9-18)11-23-17(20)22/h2,4-5,10,12-13H,1,3,6-9,11H2,(H2,20,22). The molecule has 0 radical (unpaired) electrons. The molecule has 0 aliphatic heterocycles. The van der Waals surface area contributed by atoms with Crippen LogP contribution in [-0.4, -0.2) is 19.0 Å². The van der Waals surface area contributed by atoms with Crippen LogP contribution in [0.25, 0.3) is 0 Å². The summed E-state index contributed by atoms with van der Waals surface area (Å²) in [5.74, 6) is -0.153. The van der Waals surface area contributed by atoms with Gasteiger partial charge >= 0.3 is 6.09 Å². The summed E-state index contributed by atoms with van der Waals surface area (Å²) in [6, 6.07) is 4.60. The molecule has 0 atom stereocenters. The van der Waals surface area contributed by atoms with E-state index in [1.807, 2.05) is 0 Å². The smallest absolute Gasteiger partial charge is 0.404 e. The van der Waals surface area contributed by atoms with Gasteiger partial charge in [0.15, 0.2) is 0 Å². The lowest BCUT2D eigenvalue weighted by atomic mass is 9.66. The van der Waals surface area contributed by atoms with E-state index >= 15 is 0 Å². The van der Waals surface area contributed by atoms with Gasteiger partial charge in [-0.2, -0.15) is 0 Å². The molecule has 2 N–H and O–H groups in total. The molecule has 0 heterocycles. The Balaban J connectivity index is 2.20. The van der Waals surface area contributed by atoms with E-state index in [2.05, 4.69) is 6.58 Å². The van der Waals surface area contributed by atoms with Crippen LogP contribution in [0.2, 0.25) is 0 Å². The van der Waals surface area contributed by atoms with Crippen molar-refractivity contribution in [2.45, 2.75) is 37.5 Å². The zero-order valence-corrected chi connectivity index (χ0v) is 13.1. The van der Waals surface area contributed by atoms with Crippen LogP contribution in [0.5, 0.6) is 0 Å². The minimum Gasteiger partial charge on any atom is -0.449 e. The quantitative estimate of drug-likeness (QED) is 0.646. The van der Waals surface area contributed by atoms with Crippen molar-refractivity contribution in [2.75, 3.05) is 6.61 Å². The molecule has 0 saturated heterocycles. The minimum atomic E-state index is -0.782. The van der Waals surface area contributed by atoms with Gasteiger partial charge in [0.1, 0.15) is 12.1 Å². The van der Waals surface area contributed by atoms with Gasteiger partial charge in [-0.1, -0.05) is 12.1 Å². The lowest BCUT2D eigenvalue weighted by molar-refractivity contribution is -0.114. The molecule has 0 aromatic heterocycles. The molecule has 0 bridgehead atoms. The lowest BCUT2D eigenvalue weighted by Gasteiger charge is -2.37. The van der Waals surface area contributed by atoms with E-state index in [4.69, 9.17) is 10.5 Å². The van der Waals surface area contributed by atoms with Crippen molar-refractivity contribution in [3.05, 3.63) is 47.8 Å². The number of nitrogens with two attached hydrogens (primary N) is 1. The Kier molecular flexibility index (Phi) is 5.53. The molecule has 1 aliphatic rings. The second kappa shape index (κ2) is 7.40. The highest BCUT2D eigenvalue weighted by Gasteiger charge is 2.38. The van der Waals surface area contributed by atoms with E-state index in [-0.39, 0.29) is 18.3 Å². The van der Waals surface area contributed by atoms with Crippen LogP contribution >= 0.6 is 0 Å². The molecule has 2 rings (SSSR count). The third-order valence-electron chi connectivity index (χ3n) is 4.66. The average molecular weight is 319 g/mol. The van der Waals surface area contributed by atoms with E-state index in [1.165, 1.54) is 12.1 Å². The van der Waals surface area contributed by atoms with Crippen molar-refractivity contribution in [2.24, 2.45) is 11.7 Å². The first-order valence-electron chi connectivity index (χ1n) is 7.79. The van der Waals surface area contributed by atoms with Crippen molar-refractivity contribution < 1.29 is 18.7 Å². The minimum absolute atomic E-state index is 0.187. The fourth-order valence-corrected chi connectivity index (χ4v) is 3.36. The van der Waals surface area contributed by atoms with Crippen LogP contribution in [0.15, 0.2) is 30.9 Å². The molecule has 1 aliphatic carbocycles. The number of halogens is 1. The van der Waals surface area contributed by atoms with Crippen LogP contribution in [-0.2, 0) is 21.4 Å². The molecular formula is C18H22FNO3. The number of aldehydes is 1. The van der Waals surface area contributed by atoms with Crippen LogP contribution in [0.4, 0.5) is 9.18 Å². The van der Waals surface area contributed by atoms with Crippen LogP contribution in [0.1, 0.15) is 36.8 Å². The van der Waals surface area contributed by atoms with Crippen LogP contribution in [0.3, 0.4) is 0 Å². The molecule has 1 aromatic carbocycles. The van der Waals surface area contributed by atoms with Gasteiger partial charge in [-0.25, -0.2) is 9.18 Å².